The molecule has 178 valence electrons. The first-order valence-corrected chi connectivity index (χ1v) is 12.0. The minimum atomic E-state index is -0.765. The van der Waals surface area contributed by atoms with Crippen LogP contribution in [0.15, 0.2) is 64.8 Å². The van der Waals surface area contributed by atoms with Gasteiger partial charge >= 0.3 is 5.97 Å². The highest BCUT2D eigenvalue weighted by atomic mass is 35.5. The van der Waals surface area contributed by atoms with E-state index in [1.54, 1.807) is 25.1 Å². The van der Waals surface area contributed by atoms with Crippen molar-refractivity contribution < 1.29 is 19.1 Å². The molecule has 1 aliphatic carbocycles. The molecule has 2 aromatic rings. The highest BCUT2D eigenvalue weighted by Crippen LogP contribution is 2.49. The summed E-state index contributed by atoms with van der Waals surface area (Å²) in [5.74, 6) is -1.12. The van der Waals surface area contributed by atoms with Crippen molar-refractivity contribution in [3.05, 3.63) is 75.4 Å². The van der Waals surface area contributed by atoms with E-state index in [4.69, 9.17) is 37.7 Å². The first-order valence-electron chi connectivity index (χ1n) is 11.3. The maximum absolute atomic E-state index is 13.3. The van der Waals surface area contributed by atoms with E-state index in [1.165, 1.54) is 0 Å². The van der Waals surface area contributed by atoms with Crippen molar-refractivity contribution in [3.63, 3.8) is 0 Å². The molecule has 1 unspecified atom stereocenters. The number of ether oxygens (including phenoxy) is 2. The summed E-state index contributed by atoms with van der Waals surface area (Å²) < 4.78 is 11.2. The summed E-state index contributed by atoms with van der Waals surface area (Å²) >= 11 is 12.7. The molecule has 1 heterocycles. The molecule has 7 heteroatoms. The number of benzene rings is 2. The smallest absolute Gasteiger partial charge is 0.315 e. The number of nitrogens with zero attached hydrogens (tertiary/aromatic N) is 1. The van der Waals surface area contributed by atoms with Crippen LogP contribution in [0.25, 0.3) is 0 Å². The third kappa shape index (κ3) is 5.21. The fourth-order valence-corrected chi connectivity index (χ4v) is 5.27. The van der Waals surface area contributed by atoms with Gasteiger partial charge in [0, 0.05) is 39.4 Å². The summed E-state index contributed by atoms with van der Waals surface area (Å²) in [5, 5.41) is 0.888. The number of hydrogen-bond acceptors (Lipinski definition) is 5. The molecule has 2 aliphatic rings. The van der Waals surface area contributed by atoms with Crippen molar-refractivity contribution in [1.29, 1.82) is 0 Å². The van der Waals surface area contributed by atoms with Gasteiger partial charge in [-0.3, -0.25) is 14.6 Å². The van der Waals surface area contributed by atoms with E-state index in [2.05, 4.69) is 13.8 Å². The topological polar surface area (TPSA) is 65.0 Å². The van der Waals surface area contributed by atoms with Gasteiger partial charge in [0.2, 0.25) is 0 Å². The number of allylic oxidation sites excluding steroid dienone is 2. The standard InChI is InChI=1S/C27H27Cl2NO4/c1-16-23(26(32)34-12-11-33-18-7-5-4-6-8-18)24(19-10-9-17(28)13-20(19)29)25-21(30-16)14-27(2,3)15-22(25)31/h4-10,13,23-24H,11-12,14-15H2,1-3H3/t23?,24-/m0/s1. The van der Waals surface area contributed by atoms with E-state index < -0.39 is 17.8 Å². The molecular weight excluding hydrogens is 473 g/mol. The number of aliphatic imine (C=N–C) groups is 1. The first kappa shape index (κ1) is 24.5. The van der Waals surface area contributed by atoms with Crippen LogP contribution in [0.2, 0.25) is 10.0 Å². The Kier molecular flexibility index (Phi) is 7.15. The predicted molar refractivity (Wildman–Crippen MR) is 134 cm³/mol. The quantitative estimate of drug-likeness (QED) is 0.339. The zero-order valence-corrected chi connectivity index (χ0v) is 20.9. The van der Waals surface area contributed by atoms with Crippen LogP contribution in [0.5, 0.6) is 5.75 Å². The molecule has 0 radical (unpaired) electrons. The Labute approximate surface area is 209 Å². The van der Waals surface area contributed by atoms with Gasteiger partial charge in [-0.2, -0.15) is 0 Å². The minimum absolute atomic E-state index is 0.0104. The minimum Gasteiger partial charge on any atom is -0.490 e. The average molecular weight is 500 g/mol. The lowest BCUT2D eigenvalue weighted by atomic mass is 9.67. The van der Waals surface area contributed by atoms with Crippen LogP contribution in [0, 0.1) is 11.3 Å². The highest BCUT2D eigenvalue weighted by Gasteiger charge is 2.46. The molecule has 5 nitrogen and oxygen atoms in total. The molecule has 2 aromatic carbocycles. The van der Waals surface area contributed by atoms with Crippen LogP contribution in [-0.4, -0.2) is 30.7 Å². The van der Waals surface area contributed by atoms with Gasteiger partial charge in [-0.05, 0) is 48.6 Å². The van der Waals surface area contributed by atoms with Crippen LogP contribution in [0.4, 0.5) is 0 Å². The molecule has 1 aliphatic heterocycles. The third-order valence-corrected chi connectivity index (χ3v) is 6.76. The van der Waals surface area contributed by atoms with E-state index in [0.717, 1.165) is 5.70 Å². The van der Waals surface area contributed by atoms with Gasteiger partial charge in [0.15, 0.2) is 5.78 Å². The van der Waals surface area contributed by atoms with Crippen LogP contribution >= 0.6 is 23.2 Å². The van der Waals surface area contributed by atoms with E-state index in [9.17, 15) is 9.59 Å². The fourth-order valence-electron chi connectivity index (χ4n) is 4.75. The molecule has 34 heavy (non-hydrogen) atoms. The van der Waals surface area contributed by atoms with Gasteiger partial charge < -0.3 is 9.47 Å². The van der Waals surface area contributed by atoms with Gasteiger partial charge in [0.05, 0.1) is 0 Å². The number of halogens is 2. The second kappa shape index (κ2) is 9.93. The van der Waals surface area contributed by atoms with Gasteiger partial charge in [-0.15, -0.1) is 0 Å². The number of carbonyl (C=O) groups excluding carboxylic acids is 2. The van der Waals surface area contributed by atoms with Gasteiger partial charge in [0.1, 0.15) is 24.9 Å². The summed E-state index contributed by atoms with van der Waals surface area (Å²) in [6, 6.07) is 14.4. The largest absolute Gasteiger partial charge is 0.490 e. The number of para-hydroxylation sites is 1. The molecule has 0 bridgehead atoms. The number of Topliss-reactive ketones (excluding diaryl/α,β-unsaturated/α-hetero) is 1. The fraction of sp³-hybridized carbons (Fsp3) is 0.370. The lowest BCUT2D eigenvalue weighted by molar-refractivity contribution is -0.147. The Morgan fingerprint density at radius 3 is 2.53 bits per heavy atom. The predicted octanol–water partition coefficient (Wildman–Crippen LogP) is 6.43. The van der Waals surface area contributed by atoms with Crippen molar-refractivity contribution >= 4 is 40.7 Å². The SMILES string of the molecule is CC1=NC2=C(C(=O)CC(C)(C)C2)[C@@H](c2ccc(Cl)cc2Cl)C1C(=O)OCCOc1ccccc1. The second-order valence-corrected chi connectivity index (χ2v) is 10.3. The number of ketones is 1. The number of hydrogen-bond donors (Lipinski definition) is 0. The second-order valence-electron chi connectivity index (χ2n) is 9.50. The van der Waals surface area contributed by atoms with Crippen molar-refractivity contribution in [2.75, 3.05) is 13.2 Å². The number of esters is 1. The molecule has 0 N–H and O–H groups in total. The van der Waals surface area contributed by atoms with E-state index in [-0.39, 0.29) is 24.4 Å². The molecular formula is C27H27Cl2NO4. The molecule has 0 saturated heterocycles. The van der Waals surface area contributed by atoms with Crippen molar-refractivity contribution in [3.8, 4) is 5.75 Å². The van der Waals surface area contributed by atoms with Crippen molar-refractivity contribution in [2.45, 2.75) is 39.5 Å². The van der Waals surface area contributed by atoms with Crippen LogP contribution < -0.4 is 4.74 Å². The Morgan fingerprint density at radius 1 is 1.09 bits per heavy atom. The molecule has 0 amide bonds. The molecule has 2 atom stereocenters. The van der Waals surface area contributed by atoms with Gasteiger partial charge in [0.25, 0.3) is 0 Å². The first-order chi connectivity index (χ1) is 16.2. The average Bonchev–Trinajstić information content (AvgIpc) is 2.75. The van der Waals surface area contributed by atoms with Gasteiger partial charge in [-0.25, -0.2) is 0 Å². The summed E-state index contributed by atoms with van der Waals surface area (Å²) in [6.45, 7) is 6.20. The number of rotatable bonds is 6. The Hall–Kier alpha value is -2.63. The summed E-state index contributed by atoms with van der Waals surface area (Å²) in [4.78, 5) is 31.4. The molecule has 4 rings (SSSR count). The Bertz CT molecular complexity index is 1170. The summed E-state index contributed by atoms with van der Waals surface area (Å²) in [7, 11) is 0. The van der Waals surface area contributed by atoms with Crippen LogP contribution in [-0.2, 0) is 14.3 Å². The zero-order valence-electron chi connectivity index (χ0n) is 19.4. The zero-order chi connectivity index (χ0) is 24.5. The number of carbonyl (C=O) groups is 2. The summed E-state index contributed by atoms with van der Waals surface area (Å²) in [5.41, 5.74) is 2.36. The highest BCUT2D eigenvalue weighted by molar-refractivity contribution is 6.35. The third-order valence-electron chi connectivity index (χ3n) is 6.19. The maximum atomic E-state index is 13.3. The van der Waals surface area contributed by atoms with E-state index in [0.29, 0.717) is 45.5 Å². The van der Waals surface area contributed by atoms with Crippen molar-refractivity contribution in [1.82, 2.24) is 0 Å². The lowest BCUT2D eigenvalue weighted by Crippen LogP contribution is -2.40. The Balaban J connectivity index is 1.62. The van der Waals surface area contributed by atoms with Gasteiger partial charge in [-0.1, -0.05) is 61.3 Å². The molecule has 0 aromatic heterocycles. The maximum Gasteiger partial charge on any atom is 0.315 e. The van der Waals surface area contributed by atoms with Crippen LogP contribution in [0.1, 0.15) is 45.1 Å². The molecule has 0 spiro atoms. The van der Waals surface area contributed by atoms with E-state index >= 15 is 0 Å². The summed E-state index contributed by atoms with van der Waals surface area (Å²) in [6.07, 6.45) is 1.04. The van der Waals surface area contributed by atoms with E-state index in [1.807, 2.05) is 30.3 Å². The Morgan fingerprint density at radius 2 is 1.82 bits per heavy atom. The monoisotopic (exact) mass is 499 g/mol. The lowest BCUT2D eigenvalue weighted by Gasteiger charge is -2.39. The normalized spacial score (nSPS) is 21.6. The molecule has 0 fully saturated rings. The molecule has 0 saturated carbocycles. The van der Waals surface area contributed by atoms with Crippen molar-refractivity contribution in [2.24, 2.45) is 16.3 Å². The van der Waals surface area contributed by atoms with Crippen LogP contribution in [0.3, 0.4) is 0 Å².